The van der Waals surface area contributed by atoms with Gasteiger partial charge in [-0.1, -0.05) is 30.3 Å². The van der Waals surface area contributed by atoms with E-state index in [0.717, 1.165) is 22.6 Å². The molecule has 2 aromatic heterocycles. The van der Waals surface area contributed by atoms with Gasteiger partial charge in [0.15, 0.2) is 11.6 Å². The molecule has 1 amide bonds. The summed E-state index contributed by atoms with van der Waals surface area (Å²) in [6, 6.07) is 16.4. The Morgan fingerprint density at radius 1 is 1.15 bits per heavy atom. The summed E-state index contributed by atoms with van der Waals surface area (Å²) in [4.78, 5) is 21.1. The van der Waals surface area contributed by atoms with E-state index in [0.29, 0.717) is 30.0 Å². The van der Waals surface area contributed by atoms with E-state index in [1.54, 1.807) is 24.4 Å². The van der Waals surface area contributed by atoms with Crippen LogP contribution in [0.4, 0.5) is 5.69 Å². The van der Waals surface area contributed by atoms with E-state index in [9.17, 15) is 9.90 Å². The van der Waals surface area contributed by atoms with Crippen molar-refractivity contribution in [2.75, 3.05) is 5.32 Å². The predicted octanol–water partition coefficient (Wildman–Crippen LogP) is 2.27. The van der Waals surface area contributed by atoms with Crippen LogP contribution in [-0.4, -0.2) is 41.9 Å². The second-order valence-electron chi connectivity index (χ2n) is 7.95. The van der Waals surface area contributed by atoms with Gasteiger partial charge in [-0.15, -0.1) is 10.2 Å². The fraction of sp³-hybridized carbons (Fsp3) is 0.208. The lowest BCUT2D eigenvalue weighted by atomic mass is 10.1. The van der Waals surface area contributed by atoms with Crippen molar-refractivity contribution in [2.45, 2.75) is 25.1 Å². The predicted molar refractivity (Wildman–Crippen MR) is 122 cm³/mol. The molecule has 1 aliphatic rings. The Morgan fingerprint density at radius 3 is 2.88 bits per heavy atom. The first kappa shape index (κ1) is 20.8. The van der Waals surface area contributed by atoms with Crippen LogP contribution in [0, 0.1) is 0 Å². The molecule has 0 spiro atoms. The highest BCUT2D eigenvalue weighted by atomic mass is 16.3. The minimum Gasteiger partial charge on any atom is -0.390 e. The molecule has 0 aliphatic heterocycles. The lowest BCUT2D eigenvalue weighted by Gasteiger charge is -2.18. The van der Waals surface area contributed by atoms with Gasteiger partial charge >= 0.3 is 0 Å². The monoisotopic (exact) mass is 441 g/mol. The molecule has 9 nitrogen and oxygen atoms in total. The SMILES string of the molecule is Cn1c(CNc2cccc(C(=O)N[C@H]3c4ccccc4C[C@H]3O)c2)nnc1-c1ccncn1. The van der Waals surface area contributed by atoms with Crippen molar-refractivity contribution in [3.05, 3.63) is 89.6 Å². The molecule has 1 aliphatic carbocycles. The van der Waals surface area contributed by atoms with Gasteiger partial charge < -0.3 is 20.3 Å². The summed E-state index contributed by atoms with van der Waals surface area (Å²) in [6.45, 7) is 0.425. The third-order valence-corrected chi connectivity index (χ3v) is 5.84. The van der Waals surface area contributed by atoms with E-state index in [1.165, 1.54) is 6.33 Å². The first-order chi connectivity index (χ1) is 16.1. The van der Waals surface area contributed by atoms with E-state index >= 15 is 0 Å². The van der Waals surface area contributed by atoms with Gasteiger partial charge in [0.2, 0.25) is 0 Å². The quantitative estimate of drug-likeness (QED) is 0.420. The highest BCUT2D eigenvalue weighted by Crippen LogP contribution is 2.31. The van der Waals surface area contributed by atoms with Crippen LogP contribution >= 0.6 is 0 Å². The zero-order chi connectivity index (χ0) is 22.8. The number of nitrogens with one attached hydrogen (secondary N) is 2. The molecule has 0 saturated heterocycles. The van der Waals surface area contributed by atoms with Crippen molar-refractivity contribution in [1.29, 1.82) is 0 Å². The van der Waals surface area contributed by atoms with Gasteiger partial charge in [0.05, 0.1) is 18.7 Å². The third-order valence-electron chi connectivity index (χ3n) is 5.84. The van der Waals surface area contributed by atoms with Crippen LogP contribution in [0.3, 0.4) is 0 Å². The zero-order valence-corrected chi connectivity index (χ0v) is 18.0. The van der Waals surface area contributed by atoms with Crippen molar-refractivity contribution in [3.63, 3.8) is 0 Å². The van der Waals surface area contributed by atoms with Crippen LogP contribution in [0.1, 0.15) is 33.4 Å². The van der Waals surface area contributed by atoms with Crippen LogP contribution < -0.4 is 10.6 Å². The number of hydrogen-bond acceptors (Lipinski definition) is 7. The lowest BCUT2D eigenvalue weighted by Crippen LogP contribution is -2.33. The summed E-state index contributed by atoms with van der Waals surface area (Å²) < 4.78 is 1.87. The summed E-state index contributed by atoms with van der Waals surface area (Å²) in [5.41, 5.74) is 4.02. The number of aliphatic hydroxyl groups is 1. The zero-order valence-electron chi connectivity index (χ0n) is 18.0. The number of fused-ring (bicyclic) bond motifs is 1. The average molecular weight is 441 g/mol. The Hall–Kier alpha value is -4.11. The van der Waals surface area contributed by atoms with E-state index < -0.39 is 12.1 Å². The highest BCUT2D eigenvalue weighted by molar-refractivity contribution is 5.95. The van der Waals surface area contributed by atoms with Gasteiger partial charge in [-0.25, -0.2) is 9.97 Å². The summed E-state index contributed by atoms with van der Waals surface area (Å²) in [7, 11) is 1.88. The number of amides is 1. The summed E-state index contributed by atoms with van der Waals surface area (Å²) in [6.07, 6.45) is 3.04. The third kappa shape index (κ3) is 4.18. The molecule has 9 heteroatoms. The van der Waals surface area contributed by atoms with Gasteiger partial charge in [0.1, 0.15) is 12.0 Å². The van der Waals surface area contributed by atoms with Crippen LogP contribution in [0.5, 0.6) is 0 Å². The molecule has 0 unspecified atom stereocenters. The molecule has 3 N–H and O–H groups in total. The number of nitrogens with zero attached hydrogens (tertiary/aromatic N) is 5. The number of carbonyl (C=O) groups is 1. The number of carbonyl (C=O) groups excluding carboxylic acids is 1. The fourth-order valence-corrected chi connectivity index (χ4v) is 4.09. The molecule has 2 atom stereocenters. The van der Waals surface area contributed by atoms with E-state index in [2.05, 4.69) is 30.8 Å². The largest absolute Gasteiger partial charge is 0.390 e. The lowest BCUT2D eigenvalue weighted by molar-refractivity contribution is 0.0858. The minimum absolute atomic E-state index is 0.232. The Kier molecular flexibility index (Phi) is 5.54. The summed E-state index contributed by atoms with van der Waals surface area (Å²) in [5, 5.41) is 25.2. The topological polar surface area (TPSA) is 118 Å². The molecule has 0 fully saturated rings. The normalized spacial score (nSPS) is 16.9. The second kappa shape index (κ2) is 8.79. The number of aromatic nitrogens is 5. The standard InChI is InChI=1S/C24H23N7O2/c1-31-21(29-30-23(31)19-9-10-25-14-27-19)13-26-17-7-4-6-16(11-17)24(33)28-22-18-8-3-2-5-15(18)12-20(22)32/h2-11,14,20,22,26,32H,12-13H2,1H3,(H,28,33)/t20-,22+/m1/s1. The number of anilines is 1. The van der Waals surface area contributed by atoms with Gasteiger partial charge in [0, 0.05) is 30.9 Å². The molecule has 0 radical (unpaired) electrons. The van der Waals surface area contributed by atoms with Crippen LogP contribution in [0.25, 0.3) is 11.5 Å². The van der Waals surface area contributed by atoms with Crippen molar-refractivity contribution < 1.29 is 9.90 Å². The van der Waals surface area contributed by atoms with Crippen molar-refractivity contribution >= 4 is 11.6 Å². The molecule has 2 heterocycles. The van der Waals surface area contributed by atoms with Gasteiger partial charge in [-0.05, 0) is 35.4 Å². The van der Waals surface area contributed by atoms with E-state index in [1.807, 2.05) is 48.0 Å². The summed E-state index contributed by atoms with van der Waals surface area (Å²) >= 11 is 0. The van der Waals surface area contributed by atoms with Crippen LogP contribution in [0.15, 0.2) is 67.1 Å². The smallest absolute Gasteiger partial charge is 0.251 e. The Bertz CT molecular complexity index is 1290. The average Bonchev–Trinajstić information content (AvgIpc) is 3.37. The Balaban J connectivity index is 1.27. The van der Waals surface area contributed by atoms with Crippen molar-refractivity contribution in [3.8, 4) is 11.5 Å². The molecular formula is C24H23N7O2. The second-order valence-corrected chi connectivity index (χ2v) is 7.95. The Labute approximate surface area is 190 Å². The fourth-order valence-electron chi connectivity index (χ4n) is 4.09. The van der Waals surface area contributed by atoms with Crippen LogP contribution in [0.2, 0.25) is 0 Å². The van der Waals surface area contributed by atoms with E-state index in [-0.39, 0.29) is 5.91 Å². The maximum absolute atomic E-state index is 12.9. The van der Waals surface area contributed by atoms with Crippen LogP contribution in [-0.2, 0) is 20.0 Å². The van der Waals surface area contributed by atoms with E-state index in [4.69, 9.17) is 0 Å². The number of hydrogen-bond donors (Lipinski definition) is 3. The molecule has 166 valence electrons. The van der Waals surface area contributed by atoms with Crippen molar-refractivity contribution in [2.24, 2.45) is 7.05 Å². The number of benzene rings is 2. The molecule has 33 heavy (non-hydrogen) atoms. The van der Waals surface area contributed by atoms with Gasteiger partial charge in [0.25, 0.3) is 5.91 Å². The molecule has 5 rings (SSSR count). The number of rotatable bonds is 6. The molecule has 0 bridgehead atoms. The van der Waals surface area contributed by atoms with Gasteiger partial charge in [-0.3, -0.25) is 4.79 Å². The molecule has 4 aromatic rings. The Morgan fingerprint density at radius 2 is 2.03 bits per heavy atom. The van der Waals surface area contributed by atoms with Gasteiger partial charge in [-0.2, -0.15) is 0 Å². The number of aliphatic hydroxyl groups excluding tert-OH is 1. The molecular weight excluding hydrogens is 418 g/mol. The maximum Gasteiger partial charge on any atom is 0.251 e. The van der Waals surface area contributed by atoms with Crippen molar-refractivity contribution in [1.82, 2.24) is 30.0 Å². The highest BCUT2D eigenvalue weighted by Gasteiger charge is 2.32. The molecule has 2 aromatic carbocycles. The minimum atomic E-state index is -0.632. The first-order valence-electron chi connectivity index (χ1n) is 10.7. The maximum atomic E-state index is 12.9. The first-order valence-corrected chi connectivity index (χ1v) is 10.7. The molecule has 0 saturated carbocycles. The summed E-state index contributed by atoms with van der Waals surface area (Å²) in [5.74, 6) is 1.14.